The van der Waals surface area contributed by atoms with E-state index in [0.29, 0.717) is 12.3 Å². The van der Waals surface area contributed by atoms with E-state index in [0.717, 1.165) is 17.1 Å². The molecule has 0 unspecified atom stereocenters. The zero-order valence-corrected chi connectivity index (χ0v) is 11.7. The lowest BCUT2D eigenvalue weighted by atomic mass is 10.1. The highest BCUT2D eigenvalue weighted by molar-refractivity contribution is 5.79. The SMILES string of the molecule is CCOc1cccc(N(C)c2ccccc2C)c1N. The molecule has 0 fully saturated rings. The standard InChI is InChI=1S/C16H20N2O/c1-4-19-15-11-7-10-14(16(15)17)18(3)13-9-6-5-8-12(13)2/h5-11H,4,17H2,1-3H3. The average Bonchev–Trinajstić information content (AvgIpc) is 2.41. The molecule has 0 heterocycles. The number of ether oxygens (including phenoxy) is 1. The molecular formula is C16H20N2O. The number of nitrogens with two attached hydrogens (primary N) is 1. The molecule has 19 heavy (non-hydrogen) atoms. The smallest absolute Gasteiger partial charge is 0.144 e. The van der Waals surface area contributed by atoms with E-state index in [4.69, 9.17) is 10.5 Å². The Kier molecular flexibility index (Phi) is 3.95. The van der Waals surface area contributed by atoms with Gasteiger partial charge < -0.3 is 15.4 Å². The van der Waals surface area contributed by atoms with Gasteiger partial charge in [-0.25, -0.2) is 0 Å². The summed E-state index contributed by atoms with van der Waals surface area (Å²) in [5.74, 6) is 0.737. The summed E-state index contributed by atoms with van der Waals surface area (Å²) in [4.78, 5) is 2.09. The van der Waals surface area contributed by atoms with Gasteiger partial charge in [-0.2, -0.15) is 0 Å². The van der Waals surface area contributed by atoms with Crippen LogP contribution in [0.4, 0.5) is 17.1 Å². The van der Waals surface area contributed by atoms with Crippen molar-refractivity contribution < 1.29 is 4.74 Å². The minimum Gasteiger partial charge on any atom is -0.492 e. The second kappa shape index (κ2) is 5.65. The van der Waals surface area contributed by atoms with E-state index >= 15 is 0 Å². The van der Waals surface area contributed by atoms with Crippen LogP contribution >= 0.6 is 0 Å². The Balaban J connectivity index is 2.42. The first-order chi connectivity index (χ1) is 9.15. The number of aryl methyl sites for hydroxylation is 1. The first-order valence-electron chi connectivity index (χ1n) is 6.45. The van der Waals surface area contributed by atoms with Crippen LogP contribution < -0.4 is 15.4 Å². The molecular weight excluding hydrogens is 236 g/mol. The van der Waals surface area contributed by atoms with Crippen LogP contribution in [0.3, 0.4) is 0 Å². The van der Waals surface area contributed by atoms with Crippen LogP contribution in [0.25, 0.3) is 0 Å². The van der Waals surface area contributed by atoms with Crippen molar-refractivity contribution >= 4 is 17.1 Å². The first-order valence-corrected chi connectivity index (χ1v) is 6.45. The van der Waals surface area contributed by atoms with Crippen LogP contribution in [0.15, 0.2) is 42.5 Å². The summed E-state index contributed by atoms with van der Waals surface area (Å²) in [6.07, 6.45) is 0. The van der Waals surface area contributed by atoms with Crippen LogP contribution in [-0.4, -0.2) is 13.7 Å². The van der Waals surface area contributed by atoms with E-state index in [1.807, 2.05) is 44.3 Å². The zero-order valence-electron chi connectivity index (χ0n) is 11.7. The summed E-state index contributed by atoms with van der Waals surface area (Å²) < 4.78 is 5.54. The fourth-order valence-corrected chi connectivity index (χ4v) is 2.18. The normalized spacial score (nSPS) is 10.3. The Bertz CT molecular complexity index is 566. The van der Waals surface area contributed by atoms with E-state index in [2.05, 4.69) is 24.0 Å². The number of nitrogens with zero attached hydrogens (tertiary/aromatic N) is 1. The van der Waals surface area contributed by atoms with Crippen molar-refractivity contribution in [3.8, 4) is 5.75 Å². The lowest BCUT2D eigenvalue weighted by molar-refractivity contribution is 0.342. The van der Waals surface area contributed by atoms with Crippen LogP contribution in [0.2, 0.25) is 0 Å². The molecule has 0 aromatic heterocycles. The molecule has 0 saturated heterocycles. The molecule has 3 heteroatoms. The van der Waals surface area contributed by atoms with Gasteiger partial charge in [-0.05, 0) is 37.6 Å². The van der Waals surface area contributed by atoms with E-state index in [1.165, 1.54) is 5.56 Å². The third kappa shape index (κ3) is 2.65. The van der Waals surface area contributed by atoms with Gasteiger partial charge in [-0.3, -0.25) is 0 Å². The number of hydrogen-bond acceptors (Lipinski definition) is 3. The molecule has 0 aliphatic heterocycles. The summed E-state index contributed by atoms with van der Waals surface area (Å²) in [6, 6.07) is 14.1. The fourth-order valence-electron chi connectivity index (χ4n) is 2.18. The Morgan fingerprint density at radius 2 is 1.74 bits per heavy atom. The molecule has 0 radical (unpaired) electrons. The van der Waals surface area contributed by atoms with Crippen molar-refractivity contribution in [1.82, 2.24) is 0 Å². The highest BCUT2D eigenvalue weighted by atomic mass is 16.5. The predicted octanol–water partition coefficient (Wildman–Crippen LogP) is 3.74. The molecule has 0 amide bonds. The zero-order chi connectivity index (χ0) is 13.8. The number of benzene rings is 2. The Labute approximate surface area is 114 Å². The molecule has 0 aliphatic rings. The van der Waals surface area contributed by atoms with Gasteiger partial charge in [0, 0.05) is 12.7 Å². The number of anilines is 3. The molecule has 100 valence electrons. The maximum absolute atomic E-state index is 6.19. The molecule has 3 nitrogen and oxygen atoms in total. The second-order valence-corrected chi connectivity index (χ2v) is 4.47. The molecule has 2 aromatic carbocycles. The number of nitrogen functional groups attached to an aromatic ring is 1. The third-order valence-corrected chi connectivity index (χ3v) is 3.18. The molecule has 2 aromatic rings. The van der Waals surface area contributed by atoms with E-state index in [9.17, 15) is 0 Å². The number of para-hydroxylation sites is 2. The number of hydrogen-bond donors (Lipinski definition) is 1. The van der Waals surface area contributed by atoms with Gasteiger partial charge in [-0.1, -0.05) is 24.3 Å². The van der Waals surface area contributed by atoms with Crippen molar-refractivity contribution in [3.05, 3.63) is 48.0 Å². The molecule has 0 spiro atoms. The fraction of sp³-hybridized carbons (Fsp3) is 0.250. The van der Waals surface area contributed by atoms with Gasteiger partial charge in [0.05, 0.1) is 18.0 Å². The second-order valence-electron chi connectivity index (χ2n) is 4.47. The van der Waals surface area contributed by atoms with Crippen LogP contribution in [0.5, 0.6) is 5.75 Å². The Morgan fingerprint density at radius 3 is 2.42 bits per heavy atom. The third-order valence-electron chi connectivity index (χ3n) is 3.18. The molecule has 0 atom stereocenters. The van der Waals surface area contributed by atoms with Crippen molar-refractivity contribution in [2.24, 2.45) is 0 Å². The largest absolute Gasteiger partial charge is 0.492 e. The maximum atomic E-state index is 6.19. The summed E-state index contributed by atoms with van der Waals surface area (Å²) in [7, 11) is 2.02. The monoisotopic (exact) mass is 256 g/mol. The highest BCUT2D eigenvalue weighted by Gasteiger charge is 2.12. The topological polar surface area (TPSA) is 38.5 Å². The van der Waals surface area contributed by atoms with E-state index in [-0.39, 0.29) is 0 Å². The van der Waals surface area contributed by atoms with Crippen molar-refractivity contribution in [2.75, 3.05) is 24.3 Å². The molecule has 0 saturated carbocycles. The quantitative estimate of drug-likeness (QED) is 0.847. The van der Waals surface area contributed by atoms with Crippen LogP contribution in [0, 0.1) is 6.92 Å². The number of rotatable bonds is 4. The molecule has 0 bridgehead atoms. The van der Waals surface area contributed by atoms with Crippen molar-refractivity contribution in [2.45, 2.75) is 13.8 Å². The van der Waals surface area contributed by atoms with Gasteiger partial charge in [0.25, 0.3) is 0 Å². The van der Waals surface area contributed by atoms with Gasteiger partial charge in [0.2, 0.25) is 0 Å². The van der Waals surface area contributed by atoms with E-state index in [1.54, 1.807) is 0 Å². The lowest BCUT2D eigenvalue weighted by Gasteiger charge is -2.24. The molecule has 2 rings (SSSR count). The van der Waals surface area contributed by atoms with Crippen LogP contribution in [0.1, 0.15) is 12.5 Å². The van der Waals surface area contributed by atoms with Crippen molar-refractivity contribution in [1.29, 1.82) is 0 Å². The molecule has 0 aliphatic carbocycles. The minimum absolute atomic E-state index is 0.613. The summed E-state index contributed by atoms with van der Waals surface area (Å²) in [5, 5.41) is 0. The minimum atomic E-state index is 0.613. The predicted molar refractivity (Wildman–Crippen MR) is 81.3 cm³/mol. The van der Waals surface area contributed by atoms with Gasteiger partial charge >= 0.3 is 0 Å². The Morgan fingerprint density at radius 1 is 1.05 bits per heavy atom. The first kappa shape index (κ1) is 13.3. The summed E-state index contributed by atoms with van der Waals surface area (Å²) in [6.45, 7) is 4.66. The Hall–Kier alpha value is -2.16. The van der Waals surface area contributed by atoms with Gasteiger partial charge in [0.1, 0.15) is 5.75 Å². The van der Waals surface area contributed by atoms with Gasteiger partial charge in [-0.15, -0.1) is 0 Å². The lowest BCUT2D eigenvalue weighted by Crippen LogP contribution is -2.13. The van der Waals surface area contributed by atoms with Crippen molar-refractivity contribution in [3.63, 3.8) is 0 Å². The highest BCUT2D eigenvalue weighted by Crippen LogP contribution is 2.36. The maximum Gasteiger partial charge on any atom is 0.144 e. The van der Waals surface area contributed by atoms with Crippen LogP contribution in [-0.2, 0) is 0 Å². The molecule has 2 N–H and O–H groups in total. The van der Waals surface area contributed by atoms with Gasteiger partial charge in [0.15, 0.2) is 0 Å². The van der Waals surface area contributed by atoms with E-state index < -0.39 is 0 Å². The summed E-state index contributed by atoms with van der Waals surface area (Å²) >= 11 is 0. The average molecular weight is 256 g/mol. The summed E-state index contributed by atoms with van der Waals surface area (Å²) in [5.41, 5.74) is 10.2.